The van der Waals surface area contributed by atoms with Crippen LogP contribution >= 0.6 is 0 Å². The number of nitrogens with zero attached hydrogens (tertiary/aromatic N) is 1. The molecule has 2 aromatic carbocycles. The maximum Gasteiger partial charge on any atom is 0.338 e. The third-order valence-electron chi connectivity index (χ3n) is 2.78. The number of carbonyl (C=O) groups excluding carboxylic acids is 2. The number of anilines is 1. The average Bonchev–Trinajstić information content (AvgIpc) is 2.50. The smallest absolute Gasteiger partial charge is 0.338 e. The average molecular weight is 303 g/mol. The highest BCUT2D eigenvalue weighted by Crippen LogP contribution is 2.35. The zero-order valence-electron chi connectivity index (χ0n) is 11.2. The fraction of sp³-hybridized carbons (Fsp3) is 0. The maximum absolute atomic E-state index is 12.1. The van der Waals surface area contributed by atoms with Crippen LogP contribution in [0.15, 0.2) is 42.5 Å². The summed E-state index contributed by atoms with van der Waals surface area (Å²) in [6.07, 6.45) is 0. The molecule has 2 rings (SSSR count). The first-order valence-corrected chi connectivity index (χ1v) is 6.10. The first kappa shape index (κ1) is 15.0. The number of rotatable bonds is 2. The van der Waals surface area contributed by atoms with E-state index >= 15 is 0 Å². The predicted molar refractivity (Wildman–Crippen MR) is 77.4 cm³/mol. The number of hydrazine groups is 1. The molecule has 0 bridgehead atoms. The van der Waals surface area contributed by atoms with Crippen molar-refractivity contribution >= 4 is 17.6 Å². The molecule has 8 nitrogen and oxygen atoms in total. The maximum atomic E-state index is 12.1. The highest BCUT2D eigenvalue weighted by atomic mass is 16.3. The lowest BCUT2D eigenvalue weighted by Crippen LogP contribution is -2.49. The van der Waals surface area contributed by atoms with Crippen LogP contribution in [0.4, 0.5) is 10.5 Å². The number of phenols is 3. The van der Waals surface area contributed by atoms with Crippen molar-refractivity contribution in [1.29, 1.82) is 0 Å². The molecule has 0 saturated heterocycles. The van der Waals surface area contributed by atoms with E-state index in [1.165, 1.54) is 0 Å². The van der Waals surface area contributed by atoms with Crippen molar-refractivity contribution in [2.45, 2.75) is 0 Å². The van der Waals surface area contributed by atoms with Crippen LogP contribution in [0.1, 0.15) is 10.4 Å². The minimum atomic E-state index is -0.924. The first-order valence-electron chi connectivity index (χ1n) is 6.10. The van der Waals surface area contributed by atoms with Crippen molar-refractivity contribution in [3.8, 4) is 17.2 Å². The molecule has 0 aliphatic rings. The summed E-state index contributed by atoms with van der Waals surface area (Å²) < 4.78 is 0. The van der Waals surface area contributed by atoms with Crippen LogP contribution in [0.3, 0.4) is 0 Å². The zero-order chi connectivity index (χ0) is 16.3. The van der Waals surface area contributed by atoms with Crippen molar-refractivity contribution in [1.82, 2.24) is 5.43 Å². The van der Waals surface area contributed by atoms with Crippen LogP contribution in [-0.2, 0) is 0 Å². The van der Waals surface area contributed by atoms with Crippen LogP contribution in [0.2, 0.25) is 0 Å². The van der Waals surface area contributed by atoms with E-state index in [0.29, 0.717) is 5.69 Å². The molecule has 2 aromatic rings. The molecule has 0 aliphatic heterocycles. The van der Waals surface area contributed by atoms with Crippen molar-refractivity contribution in [2.24, 2.45) is 5.73 Å². The second-order valence-corrected chi connectivity index (χ2v) is 4.31. The number of para-hydroxylation sites is 1. The third kappa shape index (κ3) is 3.01. The van der Waals surface area contributed by atoms with E-state index in [4.69, 9.17) is 5.73 Å². The van der Waals surface area contributed by atoms with Gasteiger partial charge in [0.2, 0.25) is 0 Å². The molecular weight excluding hydrogens is 290 g/mol. The van der Waals surface area contributed by atoms with Gasteiger partial charge in [-0.1, -0.05) is 18.2 Å². The molecular formula is C14H13N3O5. The lowest BCUT2D eigenvalue weighted by Gasteiger charge is -2.21. The minimum absolute atomic E-state index is 0.171. The standard InChI is InChI=1S/C14H13N3O5/c15-14(22)17(9-4-2-1-3-5-9)16-13(21)8-6-10(18)12(20)11(19)7-8/h1-7,18-20H,(H2,15,22)(H,16,21). The number of primary amides is 1. The van der Waals surface area contributed by atoms with Crippen molar-refractivity contribution in [3.05, 3.63) is 48.0 Å². The normalized spacial score (nSPS) is 10.0. The second-order valence-electron chi connectivity index (χ2n) is 4.31. The Morgan fingerprint density at radius 3 is 2.05 bits per heavy atom. The number of phenolic OH excluding ortho intramolecular Hbond substituents is 3. The number of benzene rings is 2. The highest BCUT2D eigenvalue weighted by molar-refractivity contribution is 6.01. The third-order valence-corrected chi connectivity index (χ3v) is 2.78. The van der Waals surface area contributed by atoms with Crippen molar-refractivity contribution in [2.75, 3.05) is 5.01 Å². The number of amides is 3. The number of nitrogens with two attached hydrogens (primary N) is 1. The number of carbonyl (C=O) groups is 2. The summed E-state index contributed by atoms with van der Waals surface area (Å²) in [5.41, 5.74) is 7.61. The Balaban J connectivity index is 2.28. The lowest BCUT2D eigenvalue weighted by molar-refractivity contribution is 0.0950. The van der Waals surface area contributed by atoms with Crippen LogP contribution in [0.25, 0.3) is 0 Å². The molecule has 0 radical (unpaired) electrons. The van der Waals surface area contributed by atoms with Crippen LogP contribution in [0.5, 0.6) is 17.2 Å². The molecule has 0 aromatic heterocycles. The van der Waals surface area contributed by atoms with Gasteiger partial charge in [-0.15, -0.1) is 0 Å². The topological polar surface area (TPSA) is 136 Å². The Labute approximate surface area is 125 Å². The van der Waals surface area contributed by atoms with Gasteiger partial charge in [-0.05, 0) is 24.3 Å². The zero-order valence-corrected chi connectivity index (χ0v) is 11.2. The summed E-state index contributed by atoms with van der Waals surface area (Å²) in [5.74, 6) is -2.90. The summed E-state index contributed by atoms with van der Waals surface area (Å²) in [6, 6.07) is 9.08. The minimum Gasteiger partial charge on any atom is -0.504 e. The molecule has 0 spiro atoms. The number of nitrogens with one attached hydrogen (secondary N) is 1. The highest BCUT2D eigenvalue weighted by Gasteiger charge is 2.19. The Kier molecular flexibility index (Phi) is 4.03. The van der Waals surface area contributed by atoms with Gasteiger partial charge in [0.1, 0.15) is 0 Å². The fourth-order valence-electron chi connectivity index (χ4n) is 1.73. The molecule has 0 unspecified atom stereocenters. The molecule has 3 amide bonds. The summed E-state index contributed by atoms with van der Waals surface area (Å²) >= 11 is 0. The molecule has 0 aliphatic carbocycles. The van der Waals surface area contributed by atoms with Gasteiger partial charge in [-0.2, -0.15) is 0 Å². The number of hydrogen-bond donors (Lipinski definition) is 5. The Morgan fingerprint density at radius 2 is 1.55 bits per heavy atom. The number of hydrogen-bond acceptors (Lipinski definition) is 5. The fourth-order valence-corrected chi connectivity index (χ4v) is 1.73. The van der Waals surface area contributed by atoms with Gasteiger partial charge < -0.3 is 21.1 Å². The van der Waals surface area contributed by atoms with Gasteiger partial charge in [0.05, 0.1) is 5.69 Å². The molecule has 0 heterocycles. The molecule has 8 heteroatoms. The van der Waals surface area contributed by atoms with Gasteiger partial charge in [0.25, 0.3) is 5.91 Å². The van der Waals surface area contributed by atoms with E-state index in [1.54, 1.807) is 30.3 Å². The van der Waals surface area contributed by atoms with E-state index in [9.17, 15) is 24.9 Å². The Morgan fingerprint density at radius 1 is 1.00 bits per heavy atom. The van der Waals surface area contributed by atoms with Gasteiger partial charge in [0.15, 0.2) is 17.2 Å². The van der Waals surface area contributed by atoms with Gasteiger partial charge in [-0.25, -0.2) is 9.80 Å². The lowest BCUT2D eigenvalue weighted by atomic mass is 10.1. The Bertz CT molecular complexity index is 695. The van der Waals surface area contributed by atoms with E-state index in [1.807, 2.05) is 0 Å². The van der Waals surface area contributed by atoms with E-state index in [-0.39, 0.29) is 5.56 Å². The molecule has 22 heavy (non-hydrogen) atoms. The van der Waals surface area contributed by atoms with Crippen LogP contribution in [-0.4, -0.2) is 27.3 Å². The van der Waals surface area contributed by atoms with Crippen molar-refractivity contribution < 1.29 is 24.9 Å². The quantitative estimate of drug-likeness (QED) is 0.417. The molecule has 114 valence electrons. The predicted octanol–water partition coefficient (Wildman–Crippen LogP) is 1.03. The summed E-state index contributed by atoms with van der Waals surface area (Å²) in [7, 11) is 0. The van der Waals surface area contributed by atoms with Gasteiger partial charge in [-0.3, -0.25) is 10.2 Å². The van der Waals surface area contributed by atoms with E-state index in [2.05, 4.69) is 5.43 Å². The molecule has 0 fully saturated rings. The molecule has 6 N–H and O–H groups in total. The molecule has 0 saturated carbocycles. The SMILES string of the molecule is NC(=O)N(NC(=O)c1cc(O)c(O)c(O)c1)c1ccccc1. The monoisotopic (exact) mass is 303 g/mol. The van der Waals surface area contributed by atoms with Crippen LogP contribution < -0.4 is 16.2 Å². The Hall–Kier alpha value is -3.42. The van der Waals surface area contributed by atoms with Crippen molar-refractivity contribution in [3.63, 3.8) is 0 Å². The summed E-state index contributed by atoms with van der Waals surface area (Å²) in [4.78, 5) is 23.5. The number of urea groups is 1. The summed E-state index contributed by atoms with van der Waals surface area (Å²) in [6.45, 7) is 0. The van der Waals surface area contributed by atoms with E-state index < -0.39 is 29.2 Å². The second kappa shape index (κ2) is 5.92. The first-order chi connectivity index (χ1) is 10.4. The van der Waals surface area contributed by atoms with Gasteiger partial charge >= 0.3 is 6.03 Å². The molecule has 0 atom stereocenters. The number of aromatic hydroxyl groups is 3. The van der Waals surface area contributed by atoms with Gasteiger partial charge in [0, 0.05) is 5.56 Å². The largest absolute Gasteiger partial charge is 0.504 e. The van der Waals surface area contributed by atoms with Crippen LogP contribution in [0, 0.1) is 0 Å². The van der Waals surface area contributed by atoms with E-state index in [0.717, 1.165) is 17.1 Å². The summed E-state index contributed by atoms with van der Waals surface area (Å²) in [5, 5.41) is 28.8.